The minimum atomic E-state index is -4.75. The number of hydrogen-bond acceptors (Lipinski definition) is 3. The summed E-state index contributed by atoms with van der Waals surface area (Å²) in [6, 6.07) is 5.97. The van der Waals surface area contributed by atoms with Gasteiger partial charge in [-0.2, -0.15) is 13.2 Å². The lowest BCUT2D eigenvalue weighted by Gasteiger charge is -2.11. The van der Waals surface area contributed by atoms with Crippen molar-refractivity contribution in [1.29, 1.82) is 0 Å². The summed E-state index contributed by atoms with van der Waals surface area (Å²) in [5.41, 5.74) is -0.657. The number of pyridine rings is 1. The molecule has 0 bridgehead atoms. The van der Waals surface area contributed by atoms with E-state index < -0.39 is 17.6 Å². The molecule has 2 aromatic rings. The quantitative estimate of drug-likeness (QED) is 0.871. The van der Waals surface area contributed by atoms with E-state index in [1.54, 1.807) is 25.4 Å². The molecule has 7 heteroatoms. The van der Waals surface area contributed by atoms with Crippen LogP contribution in [0.2, 0.25) is 0 Å². The molecule has 1 heterocycles. The highest BCUT2D eigenvalue weighted by Crippen LogP contribution is 2.33. The van der Waals surface area contributed by atoms with E-state index in [0.29, 0.717) is 17.4 Å². The van der Waals surface area contributed by atoms with Crippen LogP contribution in [0.5, 0.6) is 5.75 Å². The summed E-state index contributed by atoms with van der Waals surface area (Å²) >= 11 is 0. The van der Waals surface area contributed by atoms with E-state index in [9.17, 15) is 17.6 Å². The lowest BCUT2D eigenvalue weighted by atomic mass is 10.2. The summed E-state index contributed by atoms with van der Waals surface area (Å²) in [4.78, 5) is 4.05. The van der Waals surface area contributed by atoms with Gasteiger partial charge < -0.3 is 10.1 Å². The number of benzene rings is 1. The fraction of sp³-hybridized carbons (Fsp3) is 0.214. The topological polar surface area (TPSA) is 34.1 Å². The van der Waals surface area contributed by atoms with Crippen molar-refractivity contribution >= 4 is 5.82 Å². The van der Waals surface area contributed by atoms with Crippen molar-refractivity contribution in [2.45, 2.75) is 12.8 Å². The SMILES string of the molecule is CNc1ccc(COc2ccc(F)c(C(F)(F)F)c2)cn1. The average Bonchev–Trinajstić information content (AvgIpc) is 2.45. The van der Waals surface area contributed by atoms with Crippen LogP contribution in [0, 0.1) is 5.82 Å². The summed E-state index contributed by atoms with van der Waals surface area (Å²) in [5.74, 6) is -0.712. The largest absolute Gasteiger partial charge is 0.489 e. The van der Waals surface area contributed by atoms with Gasteiger partial charge in [0.1, 0.15) is 24.0 Å². The summed E-state index contributed by atoms with van der Waals surface area (Å²) in [6.45, 7) is 0.0416. The van der Waals surface area contributed by atoms with Gasteiger partial charge in [-0.25, -0.2) is 9.37 Å². The number of aromatic nitrogens is 1. The normalized spacial score (nSPS) is 11.3. The molecular weight excluding hydrogens is 288 g/mol. The second kappa shape index (κ2) is 5.99. The molecule has 21 heavy (non-hydrogen) atoms. The number of nitrogens with one attached hydrogen (secondary N) is 1. The highest BCUT2D eigenvalue weighted by atomic mass is 19.4. The molecule has 0 aliphatic rings. The second-order valence-corrected chi connectivity index (χ2v) is 4.23. The first-order valence-corrected chi connectivity index (χ1v) is 6.02. The van der Waals surface area contributed by atoms with Crippen LogP contribution < -0.4 is 10.1 Å². The zero-order valence-electron chi connectivity index (χ0n) is 11.0. The molecule has 0 amide bonds. The lowest BCUT2D eigenvalue weighted by molar-refractivity contribution is -0.140. The molecule has 3 nitrogen and oxygen atoms in total. The molecule has 1 N–H and O–H groups in total. The maximum atomic E-state index is 13.1. The van der Waals surface area contributed by atoms with Crippen molar-refractivity contribution < 1.29 is 22.3 Å². The van der Waals surface area contributed by atoms with Crippen molar-refractivity contribution in [2.24, 2.45) is 0 Å². The molecule has 1 aromatic heterocycles. The van der Waals surface area contributed by atoms with Crippen LogP contribution in [0.25, 0.3) is 0 Å². The highest BCUT2D eigenvalue weighted by molar-refractivity contribution is 5.35. The Morgan fingerprint density at radius 2 is 1.95 bits per heavy atom. The molecule has 0 aliphatic carbocycles. The zero-order chi connectivity index (χ0) is 15.5. The molecule has 0 saturated carbocycles. The van der Waals surface area contributed by atoms with Gasteiger partial charge in [0.05, 0.1) is 5.56 Å². The van der Waals surface area contributed by atoms with Crippen LogP contribution in [-0.4, -0.2) is 12.0 Å². The van der Waals surface area contributed by atoms with Gasteiger partial charge in [0.25, 0.3) is 0 Å². The van der Waals surface area contributed by atoms with Crippen molar-refractivity contribution in [3.63, 3.8) is 0 Å². The van der Waals surface area contributed by atoms with Gasteiger partial charge >= 0.3 is 6.18 Å². The number of ether oxygens (including phenoxy) is 1. The summed E-state index contributed by atoms with van der Waals surface area (Å²) in [5, 5.41) is 2.84. The van der Waals surface area contributed by atoms with Crippen LogP contribution >= 0.6 is 0 Å². The summed E-state index contributed by atoms with van der Waals surface area (Å²) in [7, 11) is 1.72. The lowest BCUT2D eigenvalue weighted by Crippen LogP contribution is -2.08. The highest BCUT2D eigenvalue weighted by Gasteiger charge is 2.34. The minimum Gasteiger partial charge on any atom is -0.489 e. The van der Waals surface area contributed by atoms with Gasteiger partial charge in [0.15, 0.2) is 0 Å². The third kappa shape index (κ3) is 3.84. The van der Waals surface area contributed by atoms with E-state index in [2.05, 4.69) is 10.3 Å². The van der Waals surface area contributed by atoms with Gasteiger partial charge in [-0.3, -0.25) is 0 Å². The monoisotopic (exact) mass is 300 g/mol. The van der Waals surface area contributed by atoms with Crippen LogP contribution in [0.4, 0.5) is 23.4 Å². The Morgan fingerprint density at radius 1 is 1.19 bits per heavy atom. The van der Waals surface area contributed by atoms with Gasteiger partial charge in [-0.1, -0.05) is 6.07 Å². The molecule has 0 unspecified atom stereocenters. The maximum absolute atomic E-state index is 13.1. The first-order chi connectivity index (χ1) is 9.90. The minimum absolute atomic E-state index is 0.0416. The van der Waals surface area contributed by atoms with E-state index in [1.165, 1.54) is 0 Å². The molecular formula is C14H12F4N2O. The number of anilines is 1. The maximum Gasteiger partial charge on any atom is 0.419 e. The van der Waals surface area contributed by atoms with Crippen molar-refractivity contribution in [2.75, 3.05) is 12.4 Å². The van der Waals surface area contributed by atoms with Crippen LogP contribution in [0.1, 0.15) is 11.1 Å². The average molecular weight is 300 g/mol. The molecule has 2 rings (SSSR count). The van der Waals surface area contributed by atoms with Crippen LogP contribution in [-0.2, 0) is 12.8 Å². The fourth-order valence-corrected chi connectivity index (χ4v) is 1.64. The van der Waals surface area contributed by atoms with Crippen molar-refractivity contribution in [3.05, 3.63) is 53.5 Å². The van der Waals surface area contributed by atoms with E-state index in [1.807, 2.05) is 0 Å². The predicted molar refractivity (Wildman–Crippen MR) is 69.5 cm³/mol. The molecule has 0 aliphatic heterocycles. The van der Waals surface area contributed by atoms with Crippen molar-refractivity contribution in [1.82, 2.24) is 4.98 Å². The molecule has 0 saturated heterocycles. The van der Waals surface area contributed by atoms with E-state index >= 15 is 0 Å². The van der Waals surface area contributed by atoms with Crippen LogP contribution in [0.15, 0.2) is 36.5 Å². The zero-order valence-corrected chi connectivity index (χ0v) is 11.0. The van der Waals surface area contributed by atoms with E-state index in [4.69, 9.17) is 4.74 Å². The Hall–Kier alpha value is -2.31. The van der Waals surface area contributed by atoms with Gasteiger partial charge in [0, 0.05) is 18.8 Å². The number of rotatable bonds is 4. The Balaban J connectivity index is 2.09. The molecule has 1 aromatic carbocycles. The Bertz CT molecular complexity index is 611. The van der Waals surface area contributed by atoms with Gasteiger partial charge in [-0.15, -0.1) is 0 Å². The van der Waals surface area contributed by atoms with E-state index in [0.717, 1.165) is 12.1 Å². The molecule has 112 valence electrons. The molecule has 0 spiro atoms. The summed E-state index contributed by atoms with van der Waals surface area (Å²) in [6.07, 6.45) is -3.21. The van der Waals surface area contributed by atoms with Gasteiger partial charge in [0.2, 0.25) is 0 Å². The fourth-order valence-electron chi connectivity index (χ4n) is 1.64. The standard InChI is InChI=1S/C14H12F4N2O/c1-19-13-5-2-9(7-20-13)8-21-10-3-4-12(15)11(6-10)14(16,17)18/h2-7H,8H2,1H3,(H,19,20). The third-order valence-corrected chi connectivity index (χ3v) is 2.73. The predicted octanol–water partition coefficient (Wildman–Crippen LogP) is 3.86. The van der Waals surface area contributed by atoms with Crippen LogP contribution in [0.3, 0.4) is 0 Å². The molecule has 0 fully saturated rings. The number of hydrogen-bond donors (Lipinski definition) is 1. The molecule has 0 atom stereocenters. The number of nitrogens with zero attached hydrogens (tertiary/aromatic N) is 1. The first-order valence-electron chi connectivity index (χ1n) is 6.02. The van der Waals surface area contributed by atoms with Gasteiger partial charge in [-0.05, 0) is 24.3 Å². The first kappa shape index (κ1) is 15.1. The number of alkyl halides is 3. The van der Waals surface area contributed by atoms with Crippen molar-refractivity contribution in [3.8, 4) is 5.75 Å². The molecule has 0 radical (unpaired) electrons. The Labute approximate surface area is 118 Å². The smallest absolute Gasteiger partial charge is 0.419 e. The third-order valence-electron chi connectivity index (χ3n) is 2.73. The number of halogens is 4. The summed E-state index contributed by atoms with van der Waals surface area (Å²) < 4.78 is 56.0. The second-order valence-electron chi connectivity index (χ2n) is 4.23. The Kier molecular flexibility index (Phi) is 4.30. The van der Waals surface area contributed by atoms with E-state index in [-0.39, 0.29) is 12.4 Å². The Morgan fingerprint density at radius 3 is 2.52 bits per heavy atom.